The zero-order valence-electron chi connectivity index (χ0n) is 18.7. The number of nitrogens with one attached hydrogen (secondary N) is 1. The van der Waals surface area contributed by atoms with E-state index in [0.717, 1.165) is 10.6 Å². The van der Waals surface area contributed by atoms with Gasteiger partial charge in [0.15, 0.2) is 11.5 Å². The summed E-state index contributed by atoms with van der Waals surface area (Å²) in [6.45, 7) is 4.11. The molecule has 1 aliphatic heterocycles. The summed E-state index contributed by atoms with van der Waals surface area (Å²) in [7, 11) is -0.694. The Morgan fingerprint density at radius 2 is 1.72 bits per heavy atom. The fraction of sp³-hybridized carbons (Fsp3) is 0.409. The number of sulfonamides is 1. The molecule has 1 N–H and O–H groups in total. The van der Waals surface area contributed by atoms with Crippen LogP contribution in [0.15, 0.2) is 36.4 Å². The highest BCUT2D eigenvalue weighted by Gasteiger charge is 2.31. The number of hydrogen-bond acceptors (Lipinski definition) is 7. The summed E-state index contributed by atoms with van der Waals surface area (Å²) in [5.74, 6) is 1.69. The van der Waals surface area contributed by atoms with Crippen LogP contribution in [-0.2, 0) is 14.8 Å². The summed E-state index contributed by atoms with van der Waals surface area (Å²) in [6.07, 6.45) is 1.06. The SMILES string of the molecule is COc1ccc(OC)c([C@H](C)NC(=O)[C@H](C)N(c2ccc3c(c2)OCCO3)S(C)(=O)=O)c1. The average Bonchev–Trinajstić information content (AvgIpc) is 2.77. The van der Waals surface area contributed by atoms with Gasteiger partial charge in [0.25, 0.3) is 0 Å². The van der Waals surface area contributed by atoms with Crippen LogP contribution >= 0.6 is 0 Å². The molecule has 10 heteroatoms. The highest BCUT2D eigenvalue weighted by Crippen LogP contribution is 2.35. The van der Waals surface area contributed by atoms with Crippen molar-refractivity contribution in [2.24, 2.45) is 0 Å². The normalized spacial score (nSPS) is 14.8. The predicted molar refractivity (Wildman–Crippen MR) is 120 cm³/mol. The van der Waals surface area contributed by atoms with Gasteiger partial charge in [0.05, 0.1) is 32.2 Å². The van der Waals surface area contributed by atoms with E-state index in [0.29, 0.717) is 47.5 Å². The second kappa shape index (κ2) is 9.56. The Morgan fingerprint density at radius 3 is 2.34 bits per heavy atom. The number of carbonyl (C=O) groups excluding carboxylic acids is 1. The van der Waals surface area contributed by atoms with E-state index in [2.05, 4.69) is 5.32 Å². The second-order valence-electron chi connectivity index (χ2n) is 7.40. The zero-order valence-corrected chi connectivity index (χ0v) is 19.6. The molecule has 0 bridgehead atoms. The van der Waals surface area contributed by atoms with Gasteiger partial charge in [0, 0.05) is 11.6 Å². The predicted octanol–water partition coefficient (Wildman–Crippen LogP) is 2.51. The van der Waals surface area contributed by atoms with E-state index in [1.807, 2.05) is 0 Å². The quantitative estimate of drug-likeness (QED) is 0.640. The minimum absolute atomic E-state index is 0.311. The molecule has 1 aliphatic rings. The molecule has 2 aromatic rings. The number of amides is 1. The molecule has 2 atom stereocenters. The lowest BCUT2D eigenvalue weighted by molar-refractivity contribution is -0.122. The van der Waals surface area contributed by atoms with Gasteiger partial charge < -0.3 is 24.3 Å². The summed E-state index contributed by atoms with van der Waals surface area (Å²) < 4.78 is 48.0. The number of ether oxygens (including phenoxy) is 4. The summed E-state index contributed by atoms with van der Waals surface area (Å²) in [4.78, 5) is 13.1. The summed E-state index contributed by atoms with van der Waals surface area (Å²) in [5.41, 5.74) is 1.02. The molecule has 0 aromatic heterocycles. The third-order valence-corrected chi connectivity index (χ3v) is 6.37. The van der Waals surface area contributed by atoms with Crippen molar-refractivity contribution in [1.82, 2.24) is 5.32 Å². The number of nitrogens with zero attached hydrogens (tertiary/aromatic N) is 1. The lowest BCUT2D eigenvalue weighted by atomic mass is 10.1. The molecule has 3 rings (SSSR count). The third kappa shape index (κ3) is 5.01. The van der Waals surface area contributed by atoms with Crippen LogP contribution in [-0.4, -0.2) is 54.1 Å². The lowest BCUT2D eigenvalue weighted by Gasteiger charge is -2.30. The Balaban J connectivity index is 1.86. The van der Waals surface area contributed by atoms with Crippen molar-refractivity contribution in [2.45, 2.75) is 25.9 Å². The highest BCUT2D eigenvalue weighted by molar-refractivity contribution is 7.92. The number of benzene rings is 2. The summed E-state index contributed by atoms with van der Waals surface area (Å²) in [5, 5.41) is 2.87. The smallest absolute Gasteiger partial charge is 0.244 e. The molecule has 2 aromatic carbocycles. The second-order valence-corrected chi connectivity index (χ2v) is 9.26. The topological polar surface area (TPSA) is 103 Å². The molecule has 0 aliphatic carbocycles. The maximum Gasteiger partial charge on any atom is 0.244 e. The van der Waals surface area contributed by atoms with Gasteiger partial charge in [0.1, 0.15) is 30.8 Å². The minimum Gasteiger partial charge on any atom is -0.497 e. The van der Waals surface area contributed by atoms with E-state index < -0.39 is 28.0 Å². The number of carbonyl (C=O) groups is 1. The largest absolute Gasteiger partial charge is 0.497 e. The molecule has 0 spiro atoms. The molecule has 174 valence electrons. The van der Waals surface area contributed by atoms with Gasteiger partial charge in [-0.05, 0) is 44.2 Å². The van der Waals surface area contributed by atoms with E-state index in [-0.39, 0.29) is 0 Å². The van der Waals surface area contributed by atoms with Crippen LogP contribution in [0.4, 0.5) is 5.69 Å². The third-order valence-electron chi connectivity index (χ3n) is 5.13. The van der Waals surface area contributed by atoms with Crippen molar-refractivity contribution < 1.29 is 32.2 Å². The van der Waals surface area contributed by atoms with Crippen LogP contribution in [0.2, 0.25) is 0 Å². The highest BCUT2D eigenvalue weighted by atomic mass is 32.2. The van der Waals surface area contributed by atoms with Crippen molar-refractivity contribution >= 4 is 21.6 Å². The van der Waals surface area contributed by atoms with Gasteiger partial charge in [-0.2, -0.15) is 0 Å². The van der Waals surface area contributed by atoms with Gasteiger partial charge >= 0.3 is 0 Å². The van der Waals surface area contributed by atoms with E-state index in [1.54, 1.807) is 50.4 Å². The first-order chi connectivity index (χ1) is 15.2. The number of rotatable bonds is 8. The molecule has 0 fully saturated rings. The van der Waals surface area contributed by atoms with Crippen LogP contribution < -0.4 is 28.6 Å². The first-order valence-corrected chi connectivity index (χ1v) is 11.9. The van der Waals surface area contributed by atoms with Crippen LogP contribution in [0.25, 0.3) is 0 Å². The lowest BCUT2D eigenvalue weighted by Crippen LogP contribution is -2.48. The molecule has 0 saturated heterocycles. The number of hydrogen-bond donors (Lipinski definition) is 1. The first kappa shape index (κ1) is 23.5. The fourth-order valence-corrected chi connectivity index (χ4v) is 4.73. The Labute approximate surface area is 188 Å². The Morgan fingerprint density at radius 1 is 1.03 bits per heavy atom. The monoisotopic (exact) mass is 464 g/mol. The molecular weight excluding hydrogens is 436 g/mol. The molecule has 0 radical (unpaired) electrons. The van der Waals surface area contributed by atoms with Crippen molar-refractivity contribution in [3.63, 3.8) is 0 Å². The molecule has 1 heterocycles. The van der Waals surface area contributed by atoms with E-state index in [1.165, 1.54) is 14.0 Å². The Bertz CT molecular complexity index is 1090. The van der Waals surface area contributed by atoms with Crippen molar-refractivity contribution in [3.8, 4) is 23.0 Å². The van der Waals surface area contributed by atoms with Crippen LogP contribution in [0.3, 0.4) is 0 Å². The van der Waals surface area contributed by atoms with Crippen LogP contribution in [0.5, 0.6) is 23.0 Å². The van der Waals surface area contributed by atoms with E-state index in [9.17, 15) is 13.2 Å². The summed E-state index contributed by atoms with van der Waals surface area (Å²) >= 11 is 0. The van der Waals surface area contributed by atoms with Crippen molar-refractivity contribution in [1.29, 1.82) is 0 Å². The Hall–Kier alpha value is -3.14. The average molecular weight is 465 g/mol. The standard InChI is InChI=1S/C22H28N2O7S/c1-14(18-13-17(28-3)7-9-19(18)29-4)23-22(25)15(2)24(32(5,26)27)16-6-8-20-21(12-16)31-11-10-30-20/h6-9,12-15H,10-11H2,1-5H3,(H,23,25)/t14-,15-/m0/s1. The van der Waals surface area contributed by atoms with Crippen LogP contribution in [0.1, 0.15) is 25.5 Å². The maximum atomic E-state index is 13.1. The van der Waals surface area contributed by atoms with Gasteiger partial charge in [-0.15, -0.1) is 0 Å². The number of anilines is 1. The maximum absolute atomic E-state index is 13.1. The molecule has 32 heavy (non-hydrogen) atoms. The zero-order chi connectivity index (χ0) is 23.5. The molecule has 0 saturated carbocycles. The van der Waals surface area contributed by atoms with Crippen molar-refractivity contribution in [2.75, 3.05) is 38.0 Å². The van der Waals surface area contributed by atoms with Gasteiger partial charge in [-0.25, -0.2) is 8.42 Å². The fourth-order valence-electron chi connectivity index (χ4n) is 3.57. The molecular formula is C22H28N2O7S. The molecule has 1 amide bonds. The minimum atomic E-state index is -3.78. The Kier molecular flexibility index (Phi) is 7.02. The summed E-state index contributed by atoms with van der Waals surface area (Å²) in [6, 6.07) is 8.58. The molecule has 9 nitrogen and oxygen atoms in total. The van der Waals surface area contributed by atoms with Gasteiger partial charge in [-0.3, -0.25) is 9.10 Å². The van der Waals surface area contributed by atoms with Crippen LogP contribution in [0, 0.1) is 0 Å². The first-order valence-electron chi connectivity index (χ1n) is 10.1. The van der Waals surface area contributed by atoms with E-state index in [4.69, 9.17) is 18.9 Å². The number of methoxy groups -OCH3 is 2. The van der Waals surface area contributed by atoms with E-state index >= 15 is 0 Å². The molecule has 0 unspecified atom stereocenters. The van der Waals surface area contributed by atoms with Crippen molar-refractivity contribution in [3.05, 3.63) is 42.0 Å². The number of fused-ring (bicyclic) bond motifs is 1. The van der Waals surface area contributed by atoms with Gasteiger partial charge in [-0.1, -0.05) is 0 Å². The van der Waals surface area contributed by atoms with Gasteiger partial charge in [0.2, 0.25) is 15.9 Å².